The summed E-state index contributed by atoms with van der Waals surface area (Å²) in [5.74, 6) is -0.135. The van der Waals surface area contributed by atoms with Crippen molar-refractivity contribution in [3.8, 4) is 0 Å². The molecule has 1 N–H and O–H groups in total. The van der Waals surface area contributed by atoms with Gasteiger partial charge in [0.25, 0.3) is 0 Å². The van der Waals surface area contributed by atoms with Crippen LogP contribution in [0.2, 0.25) is 0 Å². The molecule has 196 valence electrons. The first-order valence-corrected chi connectivity index (χ1v) is 13.6. The third-order valence-electron chi connectivity index (χ3n) is 10.7. The maximum atomic E-state index is 12.5. The zero-order valence-electron chi connectivity index (χ0n) is 23.2. The molecule has 0 amide bonds. The zero-order chi connectivity index (χ0) is 26.2. The van der Waals surface area contributed by atoms with E-state index in [1.807, 2.05) is 0 Å². The molecule has 3 aliphatic rings. The lowest BCUT2D eigenvalue weighted by molar-refractivity contribution is -0.147. The number of rotatable bonds is 9. The molecule has 0 aromatic rings. The highest BCUT2D eigenvalue weighted by Gasteiger charge is 2.64. The molecule has 2 saturated carbocycles. The first-order chi connectivity index (χ1) is 16.3. The SMILES string of the molecule is C=C(C)[C@H]1CC=C2[C@@H](CC[C@@]3(C)[C@H]([C@H](CCC=C(C)C)C(=O)O)CC[C@]23C)[C@]1(C)CCC(=O)OC. The smallest absolute Gasteiger partial charge is 0.306 e. The second kappa shape index (κ2) is 10.3. The Hall–Kier alpha value is -1.84. The number of methoxy groups -OCH3 is 1. The predicted molar refractivity (Wildman–Crippen MR) is 142 cm³/mol. The highest BCUT2D eigenvalue weighted by Crippen LogP contribution is 2.72. The van der Waals surface area contributed by atoms with Crippen molar-refractivity contribution in [1.82, 2.24) is 0 Å². The predicted octanol–water partition coefficient (Wildman–Crippen LogP) is 7.75. The molecule has 0 heterocycles. The fourth-order valence-electron chi connectivity index (χ4n) is 8.47. The van der Waals surface area contributed by atoms with Gasteiger partial charge in [-0.15, -0.1) is 0 Å². The number of hydrogen-bond donors (Lipinski definition) is 1. The van der Waals surface area contributed by atoms with Gasteiger partial charge < -0.3 is 9.84 Å². The van der Waals surface area contributed by atoms with Crippen LogP contribution in [0.25, 0.3) is 0 Å². The summed E-state index contributed by atoms with van der Waals surface area (Å²) in [6, 6.07) is 0. The Labute approximate surface area is 213 Å². The van der Waals surface area contributed by atoms with Crippen LogP contribution < -0.4 is 0 Å². The third-order valence-corrected chi connectivity index (χ3v) is 10.7. The lowest BCUT2D eigenvalue weighted by Crippen LogP contribution is -2.52. The monoisotopic (exact) mass is 484 g/mol. The molecule has 0 unspecified atom stereocenters. The first kappa shape index (κ1) is 27.7. The number of hydrogen-bond acceptors (Lipinski definition) is 3. The van der Waals surface area contributed by atoms with E-state index in [1.165, 1.54) is 23.8 Å². The van der Waals surface area contributed by atoms with Crippen LogP contribution >= 0.6 is 0 Å². The summed E-state index contributed by atoms with van der Waals surface area (Å²) in [4.78, 5) is 24.6. The van der Waals surface area contributed by atoms with Crippen LogP contribution in [-0.4, -0.2) is 24.2 Å². The quantitative estimate of drug-likeness (QED) is 0.268. The van der Waals surface area contributed by atoms with Crippen molar-refractivity contribution in [1.29, 1.82) is 0 Å². The zero-order valence-corrected chi connectivity index (χ0v) is 23.2. The van der Waals surface area contributed by atoms with E-state index in [-0.39, 0.29) is 34.1 Å². The minimum Gasteiger partial charge on any atom is -0.481 e. The average Bonchev–Trinajstić information content (AvgIpc) is 3.06. The third kappa shape index (κ3) is 4.79. The molecule has 0 aromatic heterocycles. The molecular weight excluding hydrogens is 436 g/mol. The molecule has 0 saturated heterocycles. The maximum Gasteiger partial charge on any atom is 0.306 e. The van der Waals surface area contributed by atoms with Gasteiger partial charge in [-0.25, -0.2) is 0 Å². The summed E-state index contributed by atoms with van der Waals surface area (Å²) in [6.07, 6.45) is 12.5. The molecule has 0 radical (unpaired) electrons. The second-order valence-corrected chi connectivity index (χ2v) is 12.7. The molecule has 2 fully saturated rings. The molecule has 3 rings (SSSR count). The van der Waals surface area contributed by atoms with E-state index in [9.17, 15) is 14.7 Å². The van der Waals surface area contributed by atoms with E-state index in [0.29, 0.717) is 24.7 Å². The van der Waals surface area contributed by atoms with Crippen molar-refractivity contribution in [2.24, 2.45) is 39.9 Å². The Kier molecular flexibility index (Phi) is 8.13. The van der Waals surface area contributed by atoms with Gasteiger partial charge in [0, 0.05) is 6.42 Å². The fraction of sp³-hybridized carbons (Fsp3) is 0.742. The summed E-state index contributed by atoms with van der Waals surface area (Å²) in [7, 11) is 1.47. The molecule has 4 heteroatoms. The summed E-state index contributed by atoms with van der Waals surface area (Å²) < 4.78 is 5.00. The van der Waals surface area contributed by atoms with E-state index in [2.05, 4.69) is 60.3 Å². The number of aliphatic carboxylic acids is 1. The molecule has 0 spiro atoms. The second-order valence-electron chi connectivity index (χ2n) is 12.7. The molecule has 3 aliphatic carbocycles. The Morgan fingerprint density at radius 3 is 2.46 bits per heavy atom. The highest BCUT2D eigenvalue weighted by molar-refractivity contribution is 5.71. The number of carboxylic acid groups (broad SMARTS) is 1. The molecule has 0 aliphatic heterocycles. The largest absolute Gasteiger partial charge is 0.481 e. The van der Waals surface area contributed by atoms with Gasteiger partial charge >= 0.3 is 11.9 Å². The van der Waals surface area contributed by atoms with Crippen LogP contribution in [0.5, 0.6) is 0 Å². The van der Waals surface area contributed by atoms with Crippen molar-refractivity contribution in [3.05, 3.63) is 35.5 Å². The number of carbonyl (C=O) groups excluding carboxylic acids is 1. The number of esters is 1. The van der Waals surface area contributed by atoms with E-state index in [1.54, 1.807) is 0 Å². The summed E-state index contributed by atoms with van der Waals surface area (Å²) in [5.41, 5.74) is 3.91. The fourth-order valence-corrected chi connectivity index (χ4v) is 8.47. The van der Waals surface area contributed by atoms with E-state index >= 15 is 0 Å². The van der Waals surface area contributed by atoms with Gasteiger partial charge in [0.15, 0.2) is 0 Å². The summed E-state index contributed by atoms with van der Waals surface area (Å²) in [6.45, 7) is 17.8. The number of allylic oxidation sites excluding steroid dienone is 5. The normalized spacial score (nSPS) is 36.9. The number of carbonyl (C=O) groups is 2. The van der Waals surface area contributed by atoms with Crippen molar-refractivity contribution in [3.63, 3.8) is 0 Å². The average molecular weight is 485 g/mol. The lowest BCUT2D eigenvalue weighted by atomic mass is 9.44. The van der Waals surface area contributed by atoms with E-state index in [4.69, 9.17) is 4.74 Å². The van der Waals surface area contributed by atoms with Gasteiger partial charge in [0.2, 0.25) is 0 Å². The van der Waals surface area contributed by atoms with Crippen molar-refractivity contribution in [2.75, 3.05) is 7.11 Å². The number of carboxylic acids is 1. The van der Waals surface area contributed by atoms with Gasteiger partial charge in [-0.3, -0.25) is 9.59 Å². The van der Waals surface area contributed by atoms with Crippen LogP contribution in [0.1, 0.15) is 99.3 Å². The van der Waals surface area contributed by atoms with E-state index in [0.717, 1.165) is 44.9 Å². The van der Waals surface area contributed by atoms with E-state index < -0.39 is 5.97 Å². The minimum atomic E-state index is -0.632. The van der Waals surface area contributed by atoms with Crippen LogP contribution in [0.15, 0.2) is 35.5 Å². The summed E-state index contributed by atoms with van der Waals surface area (Å²) >= 11 is 0. The Bertz CT molecular complexity index is 909. The van der Waals surface area contributed by atoms with Gasteiger partial charge in [0.05, 0.1) is 13.0 Å². The molecule has 0 aromatic carbocycles. The van der Waals surface area contributed by atoms with Gasteiger partial charge in [-0.2, -0.15) is 0 Å². The van der Waals surface area contributed by atoms with Gasteiger partial charge in [0.1, 0.15) is 0 Å². The van der Waals surface area contributed by atoms with Crippen molar-refractivity contribution >= 4 is 11.9 Å². The molecule has 0 bridgehead atoms. The van der Waals surface area contributed by atoms with Crippen molar-refractivity contribution < 1.29 is 19.4 Å². The molecule has 7 atom stereocenters. The van der Waals surface area contributed by atoms with Crippen molar-refractivity contribution in [2.45, 2.75) is 99.3 Å². The number of fused-ring (bicyclic) bond motifs is 3. The molecular formula is C31H48O4. The van der Waals surface area contributed by atoms with Crippen LogP contribution in [0.3, 0.4) is 0 Å². The van der Waals surface area contributed by atoms with Crippen LogP contribution in [-0.2, 0) is 14.3 Å². The van der Waals surface area contributed by atoms with Gasteiger partial charge in [-0.05, 0) is 106 Å². The topological polar surface area (TPSA) is 63.6 Å². The number of ether oxygens (including phenoxy) is 1. The Morgan fingerprint density at radius 1 is 1.20 bits per heavy atom. The standard InChI is InChI=1S/C31H48O4/c1-20(2)10-9-11-22(28(33)34)24-14-18-31(7)26-13-12-23(21(3)4)29(5,17-16-27(32)35-8)25(26)15-19-30(24,31)6/h10,13,22-25H,3,9,11-12,14-19H2,1-2,4-8H3,(H,33,34)/t22-,23+,24-,25+,29+,30-,31+/m0/s1. The Morgan fingerprint density at radius 2 is 1.89 bits per heavy atom. The lowest BCUT2D eigenvalue weighted by Gasteiger charge is -2.60. The maximum absolute atomic E-state index is 12.5. The molecule has 35 heavy (non-hydrogen) atoms. The molecule has 4 nitrogen and oxygen atoms in total. The first-order valence-electron chi connectivity index (χ1n) is 13.6. The minimum absolute atomic E-state index is 0.00261. The Balaban J connectivity index is 1.96. The highest BCUT2D eigenvalue weighted by atomic mass is 16.5. The van der Waals surface area contributed by atoms with Crippen LogP contribution in [0.4, 0.5) is 0 Å². The van der Waals surface area contributed by atoms with Crippen LogP contribution in [0, 0.1) is 39.9 Å². The van der Waals surface area contributed by atoms with Gasteiger partial charge in [-0.1, -0.05) is 56.2 Å². The summed E-state index contributed by atoms with van der Waals surface area (Å²) in [5, 5.41) is 10.3.